The molecule has 0 saturated heterocycles. The molecular formula is C20H19N3O2. The van der Waals surface area contributed by atoms with Crippen molar-refractivity contribution >= 4 is 5.91 Å². The molecule has 1 aliphatic rings. The third-order valence-corrected chi connectivity index (χ3v) is 4.42. The van der Waals surface area contributed by atoms with E-state index in [9.17, 15) is 4.79 Å². The second-order valence-corrected chi connectivity index (χ2v) is 6.05. The molecule has 2 aromatic carbocycles. The number of rotatable bonds is 4. The van der Waals surface area contributed by atoms with Gasteiger partial charge in [-0.05, 0) is 18.1 Å². The van der Waals surface area contributed by atoms with E-state index in [0.29, 0.717) is 19.6 Å². The minimum absolute atomic E-state index is 0.00779. The van der Waals surface area contributed by atoms with E-state index < -0.39 is 0 Å². The van der Waals surface area contributed by atoms with Crippen molar-refractivity contribution in [3.63, 3.8) is 0 Å². The number of hydrogen-bond acceptors (Lipinski definition) is 3. The highest BCUT2D eigenvalue weighted by molar-refractivity contribution is 5.84. The quantitative estimate of drug-likeness (QED) is 0.770. The molecule has 0 saturated carbocycles. The number of hydrogen-bond donors (Lipinski definition) is 2. The summed E-state index contributed by atoms with van der Waals surface area (Å²) >= 11 is 0. The van der Waals surface area contributed by atoms with Crippen LogP contribution in [0.2, 0.25) is 0 Å². The predicted octanol–water partition coefficient (Wildman–Crippen LogP) is 3.26. The Morgan fingerprint density at radius 3 is 2.84 bits per heavy atom. The first-order chi connectivity index (χ1) is 12.3. The Morgan fingerprint density at radius 1 is 1.16 bits per heavy atom. The Labute approximate surface area is 146 Å². The minimum Gasteiger partial charge on any atom is -0.493 e. The van der Waals surface area contributed by atoms with Crippen molar-refractivity contribution in [3.8, 4) is 17.0 Å². The number of para-hydroxylation sites is 1. The minimum atomic E-state index is -0.173. The van der Waals surface area contributed by atoms with Gasteiger partial charge in [0.05, 0.1) is 31.0 Å². The second-order valence-electron chi connectivity index (χ2n) is 6.05. The molecule has 1 aromatic heterocycles. The number of fused-ring (bicyclic) bond motifs is 1. The highest BCUT2D eigenvalue weighted by atomic mass is 16.5. The molecule has 1 amide bonds. The third kappa shape index (κ3) is 3.26. The van der Waals surface area contributed by atoms with Gasteiger partial charge in [-0.25, -0.2) is 4.98 Å². The van der Waals surface area contributed by atoms with E-state index in [0.717, 1.165) is 28.4 Å². The van der Waals surface area contributed by atoms with Crippen LogP contribution in [0, 0.1) is 0 Å². The molecule has 126 valence electrons. The van der Waals surface area contributed by atoms with E-state index in [4.69, 9.17) is 4.74 Å². The lowest BCUT2D eigenvalue weighted by molar-refractivity contribution is -0.123. The summed E-state index contributed by atoms with van der Waals surface area (Å²) in [4.78, 5) is 20.2. The molecule has 0 radical (unpaired) electrons. The van der Waals surface area contributed by atoms with Gasteiger partial charge in [-0.2, -0.15) is 0 Å². The molecular weight excluding hydrogens is 314 g/mol. The van der Waals surface area contributed by atoms with Gasteiger partial charge in [0.1, 0.15) is 11.6 Å². The molecule has 2 heterocycles. The first-order valence-electron chi connectivity index (χ1n) is 8.40. The number of carbonyl (C=O) groups is 1. The molecule has 5 nitrogen and oxygen atoms in total. The number of amides is 1. The summed E-state index contributed by atoms with van der Waals surface area (Å²) in [6.45, 7) is 0.944. The number of aromatic amines is 1. The molecule has 1 atom stereocenters. The topological polar surface area (TPSA) is 67.0 Å². The molecule has 5 heteroatoms. The molecule has 0 spiro atoms. The van der Waals surface area contributed by atoms with Gasteiger partial charge in [0.15, 0.2) is 0 Å². The van der Waals surface area contributed by atoms with Gasteiger partial charge in [-0.1, -0.05) is 48.5 Å². The zero-order chi connectivity index (χ0) is 17.1. The van der Waals surface area contributed by atoms with Crippen LogP contribution in [-0.4, -0.2) is 22.5 Å². The van der Waals surface area contributed by atoms with E-state index >= 15 is 0 Å². The molecule has 0 aliphatic carbocycles. The zero-order valence-electron chi connectivity index (χ0n) is 13.7. The van der Waals surface area contributed by atoms with E-state index in [1.54, 1.807) is 6.20 Å². The average Bonchev–Trinajstić information content (AvgIpc) is 3.15. The van der Waals surface area contributed by atoms with Crippen molar-refractivity contribution in [3.05, 3.63) is 72.2 Å². The Bertz CT molecular complexity index is 873. The summed E-state index contributed by atoms with van der Waals surface area (Å²) in [7, 11) is 0. The Balaban J connectivity index is 1.42. The smallest absolute Gasteiger partial charge is 0.228 e. The van der Waals surface area contributed by atoms with Crippen molar-refractivity contribution in [1.82, 2.24) is 15.3 Å². The molecule has 4 rings (SSSR count). The summed E-state index contributed by atoms with van der Waals surface area (Å²) in [5, 5.41) is 2.99. The maximum absolute atomic E-state index is 12.6. The van der Waals surface area contributed by atoms with Gasteiger partial charge in [0, 0.05) is 5.56 Å². The van der Waals surface area contributed by atoms with Crippen molar-refractivity contribution in [2.45, 2.75) is 18.9 Å². The zero-order valence-corrected chi connectivity index (χ0v) is 13.7. The maximum Gasteiger partial charge on any atom is 0.228 e. The van der Waals surface area contributed by atoms with Gasteiger partial charge in [-0.3, -0.25) is 4.79 Å². The Hall–Kier alpha value is -3.08. The highest BCUT2D eigenvalue weighted by Crippen LogP contribution is 2.33. The first kappa shape index (κ1) is 15.4. The molecule has 25 heavy (non-hydrogen) atoms. The molecule has 2 N–H and O–H groups in total. The fraction of sp³-hybridized carbons (Fsp3) is 0.200. The summed E-state index contributed by atoms with van der Waals surface area (Å²) in [6, 6.07) is 17.7. The van der Waals surface area contributed by atoms with Crippen molar-refractivity contribution in [1.29, 1.82) is 0 Å². The number of carbonyl (C=O) groups excluding carboxylic acids is 1. The monoisotopic (exact) mass is 333 g/mol. The van der Waals surface area contributed by atoms with Crippen molar-refractivity contribution < 1.29 is 9.53 Å². The van der Waals surface area contributed by atoms with Crippen LogP contribution in [-0.2, 0) is 11.3 Å². The summed E-state index contributed by atoms with van der Waals surface area (Å²) in [5.74, 6) is 1.38. The van der Waals surface area contributed by atoms with Crippen LogP contribution in [0.3, 0.4) is 0 Å². The van der Waals surface area contributed by atoms with Crippen LogP contribution in [0.4, 0.5) is 0 Å². The second kappa shape index (κ2) is 6.81. The summed E-state index contributed by atoms with van der Waals surface area (Å²) in [5.41, 5.74) is 2.97. The third-order valence-electron chi connectivity index (χ3n) is 4.42. The highest BCUT2D eigenvalue weighted by Gasteiger charge is 2.27. The number of H-pyrrole nitrogens is 1. The van der Waals surface area contributed by atoms with Crippen molar-refractivity contribution in [2.24, 2.45) is 0 Å². The van der Waals surface area contributed by atoms with Crippen LogP contribution in [0.25, 0.3) is 11.3 Å². The van der Waals surface area contributed by atoms with Crippen LogP contribution < -0.4 is 10.1 Å². The number of imidazole rings is 1. The average molecular weight is 333 g/mol. The number of benzene rings is 2. The summed E-state index contributed by atoms with van der Waals surface area (Å²) in [6.07, 6.45) is 2.48. The van der Waals surface area contributed by atoms with Gasteiger partial charge in [-0.15, -0.1) is 0 Å². The number of aromatic nitrogens is 2. The lowest BCUT2D eigenvalue weighted by Crippen LogP contribution is -2.32. The molecule has 3 aromatic rings. The lowest BCUT2D eigenvalue weighted by atomic mass is 9.92. The van der Waals surface area contributed by atoms with E-state index in [2.05, 4.69) is 15.3 Å². The summed E-state index contributed by atoms with van der Waals surface area (Å²) < 4.78 is 5.62. The van der Waals surface area contributed by atoms with Crippen molar-refractivity contribution in [2.75, 3.05) is 6.61 Å². The molecule has 1 aliphatic heterocycles. The predicted molar refractivity (Wildman–Crippen MR) is 95.2 cm³/mol. The van der Waals surface area contributed by atoms with Crippen LogP contribution >= 0.6 is 0 Å². The van der Waals surface area contributed by atoms with E-state index in [1.165, 1.54) is 0 Å². The maximum atomic E-state index is 12.6. The van der Waals surface area contributed by atoms with E-state index in [-0.39, 0.29) is 11.8 Å². The van der Waals surface area contributed by atoms with E-state index in [1.807, 2.05) is 54.6 Å². The Kier molecular flexibility index (Phi) is 4.21. The molecule has 0 bridgehead atoms. The van der Waals surface area contributed by atoms with Crippen LogP contribution in [0.15, 0.2) is 60.8 Å². The lowest BCUT2D eigenvalue weighted by Gasteiger charge is -2.24. The fourth-order valence-corrected chi connectivity index (χ4v) is 3.13. The van der Waals surface area contributed by atoms with Gasteiger partial charge in [0.25, 0.3) is 0 Å². The van der Waals surface area contributed by atoms with Gasteiger partial charge >= 0.3 is 0 Å². The first-order valence-corrected chi connectivity index (χ1v) is 8.40. The number of ether oxygens (including phenoxy) is 1. The van der Waals surface area contributed by atoms with Gasteiger partial charge < -0.3 is 15.0 Å². The molecule has 0 fully saturated rings. The SMILES string of the molecule is O=C(NCc1ncc(-c2ccccc2)[nH]1)[C@H]1CCOc2ccccc21. The number of nitrogens with zero attached hydrogens (tertiary/aromatic N) is 1. The largest absolute Gasteiger partial charge is 0.493 e. The van der Waals surface area contributed by atoms with Crippen LogP contribution in [0.5, 0.6) is 5.75 Å². The normalized spacial score (nSPS) is 15.9. The van der Waals surface area contributed by atoms with Crippen LogP contribution in [0.1, 0.15) is 23.7 Å². The Morgan fingerprint density at radius 2 is 1.96 bits per heavy atom. The van der Waals surface area contributed by atoms with Gasteiger partial charge in [0.2, 0.25) is 5.91 Å². The fourth-order valence-electron chi connectivity index (χ4n) is 3.13. The molecule has 0 unspecified atom stereocenters. The standard InChI is InChI=1S/C20H19N3O2/c24-20(16-10-11-25-18-9-5-4-8-15(16)18)22-13-19-21-12-17(23-19)14-6-2-1-3-7-14/h1-9,12,16H,10-11,13H2,(H,21,23)(H,22,24)/t16-/m0/s1. The number of nitrogens with one attached hydrogen (secondary N) is 2.